The molecular formula is C9H6ClF6N. The number of benzene rings is 1. The van der Waals surface area contributed by atoms with Crippen molar-refractivity contribution in [3.05, 3.63) is 34.6 Å². The second-order valence-electron chi connectivity index (χ2n) is 3.24. The van der Waals surface area contributed by atoms with Crippen LogP contribution in [0, 0.1) is 5.82 Å². The minimum Gasteiger partial charge on any atom is -0.319 e. The fourth-order valence-electron chi connectivity index (χ4n) is 1.13. The summed E-state index contributed by atoms with van der Waals surface area (Å²) in [5.74, 6) is -6.62. The quantitative estimate of drug-likeness (QED) is 0.820. The van der Waals surface area contributed by atoms with Gasteiger partial charge in [0.2, 0.25) is 0 Å². The number of alkyl halides is 5. The number of nitrogens with two attached hydrogens (primary N) is 1. The first kappa shape index (κ1) is 14.1. The smallest absolute Gasteiger partial charge is 0.319 e. The summed E-state index contributed by atoms with van der Waals surface area (Å²) in [4.78, 5) is 0. The van der Waals surface area contributed by atoms with E-state index in [0.29, 0.717) is 0 Å². The average molecular weight is 278 g/mol. The van der Waals surface area contributed by atoms with Crippen LogP contribution in [0.25, 0.3) is 0 Å². The molecular weight excluding hydrogens is 272 g/mol. The van der Waals surface area contributed by atoms with Crippen LogP contribution in [-0.4, -0.2) is 12.1 Å². The van der Waals surface area contributed by atoms with E-state index < -0.39 is 34.5 Å². The maximum atomic E-state index is 13.3. The molecule has 0 aliphatic rings. The van der Waals surface area contributed by atoms with E-state index in [1.807, 2.05) is 0 Å². The van der Waals surface area contributed by atoms with Gasteiger partial charge in [-0.15, -0.1) is 0 Å². The lowest BCUT2D eigenvalue weighted by Crippen LogP contribution is -2.46. The van der Waals surface area contributed by atoms with Crippen molar-refractivity contribution in [2.45, 2.75) is 18.1 Å². The van der Waals surface area contributed by atoms with E-state index in [1.54, 1.807) is 0 Å². The van der Waals surface area contributed by atoms with Crippen molar-refractivity contribution in [2.24, 2.45) is 5.73 Å². The van der Waals surface area contributed by atoms with Gasteiger partial charge in [-0.1, -0.05) is 23.7 Å². The molecule has 1 atom stereocenters. The van der Waals surface area contributed by atoms with Crippen molar-refractivity contribution in [1.82, 2.24) is 0 Å². The monoisotopic (exact) mass is 277 g/mol. The molecule has 0 heterocycles. The summed E-state index contributed by atoms with van der Waals surface area (Å²) in [6.07, 6.45) is -5.86. The first-order chi connectivity index (χ1) is 7.59. The molecule has 0 radical (unpaired) electrons. The summed E-state index contributed by atoms with van der Waals surface area (Å²) in [7, 11) is 0. The topological polar surface area (TPSA) is 26.0 Å². The largest absolute Gasteiger partial charge is 0.455 e. The lowest BCUT2D eigenvalue weighted by Gasteiger charge is -2.26. The Balaban J connectivity index is 3.22. The molecule has 0 saturated heterocycles. The van der Waals surface area contributed by atoms with Crippen molar-refractivity contribution in [1.29, 1.82) is 0 Å². The standard InChI is InChI=1S/C9H6ClF6N/c10-5-3-1-2-4(6(5)11)7(17)8(12,13)9(14,15)16/h1-3,7H,17H2/t7-/m0/s1. The Morgan fingerprint density at radius 1 is 1.12 bits per heavy atom. The summed E-state index contributed by atoms with van der Waals surface area (Å²) < 4.78 is 75.0. The number of halogens is 7. The van der Waals surface area contributed by atoms with Gasteiger partial charge in [0.05, 0.1) is 5.02 Å². The average Bonchev–Trinajstić information content (AvgIpc) is 2.19. The Bertz CT molecular complexity index is 416. The van der Waals surface area contributed by atoms with Crippen molar-refractivity contribution in [3.63, 3.8) is 0 Å². The van der Waals surface area contributed by atoms with Crippen LogP contribution >= 0.6 is 11.6 Å². The zero-order chi connectivity index (χ0) is 13.4. The minimum absolute atomic E-state index is 0.573. The normalized spacial score (nSPS) is 14.8. The lowest BCUT2D eigenvalue weighted by atomic mass is 10.0. The zero-order valence-corrected chi connectivity index (χ0v) is 8.79. The molecule has 1 aromatic rings. The molecule has 1 nitrogen and oxygen atoms in total. The van der Waals surface area contributed by atoms with E-state index in [0.717, 1.165) is 18.2 Å². The van der Waals surface area contributed by atoms with Crippen LogP contribution in [0.5, 0.6) is 0 Å². The van der Waals surface area contributed by atoms with E-state index >= 15 is 0 Å². The van der Waals surface area contributed by atoms with Crippen molar-refractivity contribution < 1.29 is 26.3 Å². The van der Waals surface area contributed by atoms with Gasteiger partial charge in [-0.3, -0.25) is 0 Å². The highest BCUT2D eigenvalue weighted by molar-refractivity contribution is 6.30. The van der Waals surface area contributed by atoms with Crippen molar-refractivity contribution >= 4 is 11.6 Å². The van der Waals surface area contributed by atoms with Crippen LogP contribution in [0.4, 0.5) is 26.3 Å². The number of hydrogen-bond acceptors (Lipinski definition) is 1. The second-order valence-corrected chi connectivity index (χ2v) is 3.65. The maximum Gasteiger partial charge on any atom is 0.455 e. The Hall–Kier alpha value is -0.950. The SMILES string of the molecule is N[C@@H](c1cccc(Cl)c1F)C(F)(F)C(F)(F)F. The molecule has 1 aromatic carbocycles. The molecule has 0 saturated carbocycles. The molecule has 17 heavy (non-hydrogen) atoms. The first-order valence-electron chi connectivity index (χ1n) is 4.23. The van der Waals surface area contributed by atoms with E-state index in [9.17, 15) is 26.3 Å². The molecule has 0 spiro atoms. The van der Waals surface area contributed by atoms with Gasteiger partial charge in [0, 0.05) is 5.56 Å². The molecule has 2 N–H and O–H groups in total. The third kappa shape index (κ3) is 2.50. The summed E-state index contributed by atoms with van der Waals surface area (Å²) in [5, 5.41) is -0.573. The molecule has 1 rings (SSSR count). The minimum atomic E-state index is -5.86. The fraction of sp³-hybridized carbons (Fsp3) is 0.333. The van der Waals surface area contributed by atoms with Crippen LogP contribution in [0.1, 0.15) is 11.6 Å². The van der Waals surface area contributed by atoms with Crippen LogP contribution in [-0.2, 0) is 0 Å². The summed E-state index contributed by atoms with van der Waals surface area (Å²) in [6.45, 7) is 0. The molecule has 0 amide bonds. The molecule has 96 valence electrons. The maximum absolute atomic E-state index is 13.3. The van der Waals surface area contributed by atoms with Gasteiger partial charge < -0.3 is 5.73 Å². The summed E-state index contributed by atoms with van der Waals surface area (Å²) >= 11 is 5.27. The third-order valence-corrected chi connectivity index (χ3v) is 2.38. The van der Waals surface area contributed by atoms with Crippen LogP contribution < -0.4 is 5.73 Å². The third-order valence-electron chi connectivity index (χ3n) is 2.09. The van der Waals surface area contributed by atoms with Gasteiger partial charge in [0.1, 0.15) is 11.9 Å². The van der Waals surface area contributed by atoms with Gasteiger partial charge in [-0.05, 0) is 6.07 Å². The zero-order valence-electron chi connectivity index (χ0n) is 8.03. The van der Waals surface area contributed by atoms with Crippen LogP contribution in [0.2, 0.25) is 5.02 Å². The Kier molecular flexibility index (Phi) is 3.63. The first-order valence-corrected chi connectivity index (χ1v) is 4.61. The van der Waals surface area contributed by atoms with Crippen LogP contribution in [0.15, 0.2) is 18.2 Å². The van der Waals surface area contributed by atoms with Crippen molar-refractivity contribution in [2.75, 3.05) is 0 Å². The number of rotatable bonds is 2. The predicted octanol–water partition coefficient (Wildman–Crippen LogP) is 3.68. The Morgan fingerprint density at radius 3 is 2.12 bits per heavy atom. The molecule has 0 aromatic heterocycles. The molecule has 8 heteroatoms. The van der Waals surface area contributed by atoms with Crippen molar-refractivity contribution in [3.8, 4) is 0 Å². The van der Waals surface area contributed by atoms with Gasteiger partial charge >= 0.3 is 12.1 Å². The molecule has 0 unspecified atom stereocenters. The molecule has 0 aliphatic heterocycles. The van der Waals surface area contributed by atoms with Gasteiger partial charge in [-0.2, -0.15) is 22.0 Å². The fourth-order valence-corrected chi connectivity index (χ4v) is 1.31. The van der Waals surface area contributed by atoms with Gasteiger partial charge in [0.15, 0.2) is 0 Å². The predicted molar refractivity (Wildman–Crippen MR) is 49.3 cm³/mol. The highest BCUT2D eigenvalue weighted by Crippen LogP contribution is 2.44. The van der Waals surface area contributed by atoms with Gasteiger partial charge in [-0.25, -0.2) is 4.39 Å². The molecule has 0 aliphatic carbocycles. The van der Waals surface area contributed by atoms with E-state index in [4.69, 9.17) is 17.3 Å². The number of hydrogen-bond donors (Lipinski definition) is 1. The molecule has 0 fully saturated rings. The van der Waals surface area contributed by atoms with E-state index in [2.05, 4.69) is 0 Å². The molecule has 0 bridgehead atoms. The highest BCUT2D eigenvalue weighted by Gasteiger charge is 2.62. The van der Waals surface area contributed by atoms with Crippen LogP contribution in [0.3, 0.4) is 0 Å². The second kappa shape index (κ2) is 4.38. The van der Waals surface area contributed by atoms with E-state index in [-0.39, 0.29) is 0 Å². The lowest BCUT2D eigenvalue weighted by molar-refractivity contribution is -0.291. The Labute approximate surface area is 97.2 Å². The Morgan fingerprint density at radius 2 is 1.65 bits per heavy atom. The summed E-state index contributed by atoms with van der Waals surface area (Å²) in [5.41, 5.74) is 3.77. The van der Waals surface area contributed by atoms with Gasteiger partial charge in [0.25, 0.3) is 0 Å². The highest BCUT2D eigenvalue weighted by atomic mass is 35.5. The summed E-state index contributed by atoms with van der Waals surface area (Å²) in [6, 6.07) is -0.0709. The van der Waals surface area contributed by atoms with E-state index in [1.165, 1.54) is 0 Å².